The van der Waals surface area contributed by atoms with E-state index in [4.69, 9.17) is 5.73 Å². The average Bonchev–Trinajstić information content (AvgIpc) is 3.23. The predicted molar refractivity (Wildman–Crippen MR) is 90.0 cm³/mol. The van der Waals surface area contributed by atoms with Gasteiger partial charge in [0.1, 0.15) is 0 Å². The molecule has 0 spiro atoms. The molecule has 2 aromatic carbocycles. The highest BCUT2D eigenvalue weighted by Gasteiger charge is 2.68. The fraction of sp³-hybridized carbons (Fsp3) is 0.333. The summed E-state index contributed by atoms with van der Waals surface area (Å²) in [6.07, 6.45) is 0.921. The molecule has 0 amide bonds. The van der Waals surface area contributed by atoms with E-state index in [2.05, 4.69) is 6.92 Å². The summed E-state index contributed by atoms with van der Waals surface area (Å²) in [5.74, 6) is -0.386. The van der Waals surface area contributed by atoms with Gasteiger partial charge < -0.3 is 10.8 Å². The van der Waals surface area contributed by atoms with Gasteiger partial charge in [0.15, 0.2) is 9.84 Å². The van der Waals surface area contributed by atoms with Crippen LogP contribution in [0.15, 0.2) is 59.5 Å². The van der Waals surface area contributed by atoms with Crippen molar-refractivity contribution in [3.05, 3.63) is 65.7 Å². The average molecular weight is 331 g/mol. The van der Waals surface area contributed by atoms with Gasteiger partial charge >= 0.3 is 0 Å². The second-order valence-corrected chi connectivity index (χ2v) is 8.19. The van der Waals surface area contributed by atoms with Crippen LogP contribution in [0.3, 0.4) is 0 Å². The maximum Gasteiger partial charge on any atom is 0.183 e. The fourth-order valence-electron chi connectivity index (χ4n) is 3.28. The van der Waals surface area contributed by atoms with E-state index in [0.29, 0.717) is 0 Å². The molecule has 0 aliphatic heterocycles. The van der Waals surface area contributed by atoms with Gasteiger partial charge in [0.2, 0.25) is 0 Å². The summed E-state index contributed by atoms with van der Waals surface area (Å²) < 4.78 is 25.8. The van der Waals surface area contributed by atoms with Crippen molar-refractivity contribution in [2.24, 2.45) is 5.73 Å². The first-order chi connectivity index (χ1) is 10.9. The van der Waals surface area contributed by atoms with E-state index in [-0.39, 0.29) is 17.4 Å². The summed E-state index contributed by atoms with van der Waals surface area (Å²) in [5, 5.41) is 8.89. The van der Waals surface area contributed by atoms with Gasteiger partial charge in [0.05, 0.1) is 22.3 Å². The highest BCUT2D eigenvalue weighted by atomic mass is 32.2. The minimum atomic E-state index is -3.58. The number of sulfone groups is 1. The second kappa shape index (κ2) is 5.74. The lowest BCUT2D eigenvalue weighted by atomic mass is 10.0. The lowest BCUT2D eigenvalue weighted by Crippen LogP contribution is -2.35. The Balaban J connectivity index is 1.98. The lowest BCUT2D eigenvalue weighted by Gasteiger charge is -2.08. The summed E-state index contributed by atoms with van der Waals surface area (Å²) in [7, 11) is -3.58. The van der Waals surface area contributed by atoms with Crippen LogP contribution in [0.2, 0.25) is 0 Å². The van der Waals surface area contributed by atoms with Gasteiger partial charge in [-0.15, -0.1) is 0 Å². The first kappa shape index (κ1) is 16.2. The zero-order valence-electron chi connectivity index (χ0n) is 13.0. The Hall–Kier alpha value is -1.69. The first-order valence-electron chi connectivity index (χ1n) is 7.72. The molecule has 3 rings (SSSR count). The van der Waals surface area contributed by atoms with Gasteiger partial charge in [-0.2, -0.15) is 0 Å². The van der Waals surface area contributed by atoms with Crippen LogP contribution in [0.4, 0.5) is 0 Å². The monoisotopic (exact) mass is 331 g/mol. The summed E-state index contributed by atoms with van der Waals surface area (Å²) in [4.78, 5) is 0.251. The molecular formula is C18H21NO3S. The molecule has 0 unspecified atom stereocenters. The molecule has 1 saturated carbocycles. The van der Waals surface area contributed by atoms with Crippen molar-refractivity contribution in [2.75, 3.05) is 6.61 Å². The van der Waals surface area contributed by atoms with Gasteiger partial charge in [-0.3, -0.25) is 0 Å². The molecule has 0 bridgehead atoms. The largest absolute Gasteiger partial charge is 0.394 e. The van der Waals surface area contributed by atoms with E-state index >= 15 is 0 Å². The quantitative estimate of drug-likeness (QED) is 0.876. The van der Waals surface area contributed by atoms with Gasteiger partial charge in [0, 0.05) is 5.92 Å². The first-order valence-corrected chi connectivity index (χ1v) is 9.27. The number of hydrogen-bond acceptors (Lipinski definition) is 4. The Bertz CT molecular complexity index is 787. The van der Waals surface area contributed by atoms with Gasteiger partial charge in [-0.1, -0.05) is 49.4 Å². The Morgan fingerprint density at radius 2 is 1.70 bits per heavy atom. The molecule has 1 aliphatic carbocycles. The summed E-state index contributed by atoms with van der Waals surface area (Å²) in [6, 6.07) is 16.1. The molecule has 1 aliphatic rings. The van der Waals surface area contributed by atoms with Crippen LogP contribution in [-0.4, -0.2) is 30.9 Å². The standard InChI is InChI=1S/C18H21NO3S/c1-2-13-8-10-14(11-9-13)16-17(18(16,19)12-20)23(21,22)15-6-4-3-5-7-15/h3-11,16-17,20H,2,12,19H2,1H3/t16-,17+,18+/m0/s1. The molecule has 0 saturated heterocycles. The third-order valence-corrected chi connectivity index (χ3v) is 7.04. The van der Waals surface area contributed by atoms with Crippen molar-refractivity contribution >= 4 is 9.84 Å². The topological polar surface area (TPSA) is 80.4 Å². The molecule has 3 N–H and O–H groups in total. The van der Waals surface area contributed by atoms with E-state index in [1.807, 2.05) is 24.3 Å². The molecule has 122 valence electrons. The molecule has 23 heavy (non-hydrogen) atoms. The third-order valence-electron chi connectivity index (χ3n) is 4.73. The number of aliphatic hydroxyl groups excluding tert-OH is 1. The van der Waals surface area contributed by atoms with Crippen LogP contribution in [0.25, 0.3) is 0 Å². The maximum atomic E-state index is 12.9. The Morgan fingerprint density at radius 1 is 1.09 bits per heavy atom. The van der Waals surface area contributed by atoms with Crippen LogP contribution in [-0.2, 0) is 16.3 Å². The number of hydrogen-bond donors (Lipinski definition) is 2. The number of rotatable bonds is 5. The molecular weight excluding hydrogens is 310 g/mol. The Labute approximate surface area is 136 Å². The van der Waals surface area contributed by atoms with E-state index in [1.165, 1.54) is 5.56 Å². The maximum absolute atomic E-state index is 12.9. The van der Waals surface area contributed by atoms with E-state index < -0.39 is 20.6 Å². The van der Waals surface area contributed by atoms with Crippen LogP contribution in [0.5, 0.6) is 0 Å². The molecule has 5 heteroatoms. The predicted octanol–water partition coefficient (Wildman–Crippen LogP) is 1.88. The van der Waals surface area contributed by atoms with Crippen molar-refractivity contribution in [1.82, 2.24) is 0 Å². The number of nitrogens with two attached hydrogens (primary N) is 1. The van der Waals surface area contributed by atoms with Crippen LogP contribution >= 0.6 is 0 Å². The molecule has 0 radical (unpaired) electrons. The van der Waals surface area contributed by atoms with E-state index in [0.717, 1.165) is 12.0 Å². The van der Waals surface area contributed by atoms with Crippen LogP contribution in [0.1, 0.15) is 24.0 Å². The third kappa shape index (κ3) is 2.59. The van der Waals surface area contributed by atoms with Crippen molar-refractivity contribution in [3.8, 4) is 0 Å². The normalized spacial score (nSPS) is 26.9. The summed E-state index contributed by atoms with van der Waals surface area (Å²) in [6.45, 7) is 1.71. The van der Waals surface area contributed by atoms with Crippen molar-refractivity contribution in [1.29, 1.82) is 0 Å². The summed E-state index contributed by atoms with van der Waals surface area (Å²) in [5.41, 5.74) is 7.16. The van der Waals surface area contributed by atoms with Crippen molar-refractivity contribution in [2.45, 2.75) is 34.9 Å². The number of benzene rings is 2. The fourth-order valence-corrected chi connectivity index (χ4v) is 5.60. The second-order valence-electron chi connectivity index (χ2n) is 6.12. The minimum absolute atomic E-state index is 0.251. The highest BCUT2D eigenvalue weighted by Crippen LogP contribution is 2.55. The van der Waals surface area contributed by atoms with Crippen LogP contribution < -0.4 is 5.73 Å². The van der Waals surface area contributed by atoms with Gasteiger partial charge in [0.25, 0.3) is 0 Å². The molecule has 2 aromatic rings. The molecule has 3 atom stereocenters. The van der Waals surface area contributed by atoms with Crippen molar-refractivity contribution < 1.29 is 13.5 Å². The molecule has 0 heterocycles. The zero-order chi connectivity index (χ0) is 16.7. The van der Waals surface area contributed by atoms with E-state index in [9.17, 15) is 13.5 Å². The van der Waals surface area contributed by atoms with E-state index in [1.54, 1.807) is 30.3 Å². The zero-order valence-corrected chi connectivity index (χ0v) is 13.8. The molecule has 0 aromatic heterocycles. The van der Waals surface area contributed by atoms with Crippen molar-refractivity contribution in [3.63, 3.8) is 0 Å². The lowest BCUT2D eigenvalue weighted by molar-refractivity contribution is 0.253. The van der Waals surface area contributed by atoms with Gasteiger partial charge in [-0.05, 0) is 29.7 Å². The van der Waals surface area contributed by atoms with Gasteiger partial charge in [-0.25, -0.2) is 8.42 Å². The summed E-state index contributed by atoms with van der Waals surface area (Å²) >= 11 is 0. The Morgan fingerprint density at radius 3 is 2.22 bits per heavy atom. The minimum Gasteiger partial charge on any atom is -0.394 e. The highest BCUT2D eigenvalue weighted by molar-refractivity contribution is 7.92. The number of aryl methyl sites for hydroxylation is 1. The molecule has 1 fully saturated rings. The number of aliphatic hydroxyl groups is 1. The van der Waals surface area contributed by atoms with Crippen LogP contribution in [0, 0.1) is 0 Å². The Kier molecular flexibility index (Phi) is 4.04. The SMILES string of the molecule is CCc1ccc([C@H]2[C@@H](S(=O)(=O)c3ccccc3)[C@@]2(N)CO)cc1. The smallest absolute Gasteiger partial charge is 0.183 e. The molecule has 4 nitrogen and oxygen atoms in total.